The van der Waals surface area contributed by atoms with Crippen molar-refractivity contribution in [1.29, 1.82) is 0 Å². The molecule has 0 fully saturated rings. The summed E-state index contributed by atoms with van der Waals surface area (Å²) < 4.78 is 0. The second-order valence-electron chi connectivity index (χ2n) is 6.96. The van der Waals surface area contributed by atoms with Crippen molar-refractivity contribution in [3.05, 3.63) is 40.4 Å². The minimum Gasteiger partial charge on any atom is -0.304 e. The molecule has 0 unspecified atom stereocenters. The fourth-order valence-corrected chi connectivity index (χ4v) is 3.99. The highest BCUT2D eigenvalue weighted by Crippen LogP contribution is 2.22. The first kappa shape index (κ1) is 18.9. The summed E-state index contributed by atoms with van der Waals surface area (Å²) in [4.78, 5) is 16.8. The zero-order valence-electron chi connectivity index (χ0n) is 15.7. The Morgan fingerprint density at radius 3 is 2.85 bits per heavy atom. The molecular weight excluding hydrogens is 346 g/mol. The van der Waals surface area contributed by atoms with Gasteiger partial charge in [-0.15, -0.1) is 10.2 Å². The van der Waals surface area contributed by atoms with Gasteiger partial charge < -0.3 is 10.2 Å². The Kier molecular flexibility index (Phi) is 6.34. The van der Waals surface area contributed by atoms with Gasteiger partial charge in [0.15, 0.2) is 0 Å². The van der Waals surface area contributed by atoms with Crippen LogP contribution in [0.1, 0.15) is 29.5 Å². The maximum absolute atomic E-state index is 12.1. The van der Waals surface area contributed by atoms with Crippen molar-refractivity contribution in [3.8, 4) is 0 Å². The molecule has 3 rings (SSSR count). The molecule has 2 aromatic rings. The van der Waals surface area contributed by atoms with Gasteiger partial charge in [0, 0.05) is 32.1 Å². The van der Waals surface area contributed by atoms with E-state index in [0.29, 0.717) is 17.6 Å². The van der Waals surface area contributed by atoms with Crippen LogP contribution in [0.4, 0.5) is 5.13 Å². The molecule has 7 heteroatoms. The number of likely N-dealkylation sites (N-methyl/N-ethyl adjacent to an activating group) is 2. The van der Waals surface area contributed by atoms with Crippen LogP contribution >= 0.6 is 11.3 Å². The molecule has 0 saturated heterocycles. The van der Waals surface area contributed by atoms with Gasteiger partial charge in [-0.05, 0) is 38.1 Å². The van der Waals surface area contributed by atoms with Crippen LogP contribution in [0.2, 0.25) is 0 Å². The van der Waals surface area contributed by atoms with Crippen molar-refractivity contribution in [2.75, 3.05) is 32.5 Å². The van der Waals surface area contributed by atoms with Crippen LogP contribution in [0.15, 0.2) is 24.3 Å². The maximum atomic E-state index is 12.1. The topological polar surface area (TPSA) is 61.4 Å². The van der Waals surface area contributed by atoms with E-state index < -0.39 is 0 Å². The Labute approximate surface area is 159 Å². The molecule has 0 radical (unpaired) electrons. The molecule has 1 aliphatic rings. The highest BCUT2D eigenvalue weighted by Gasteiger charge is 2.24. The Bertz CT molecular complexity index is 747. The SMILES string of the molecule is CCc1nnc(NC(=O)CCN(C)C[C@@H]2Cc3ccccc3CN2C)s1. The third-order valence-electron chi connectivity index (χ3n) is 4.88. The van der Waals surface area contributed by atoms with Crippen LogP contribution in [-0.2, 0) is 24.2 Å². The number of benzene rings is 1. The molecule has 1 amide bonds. The van der Waals surface area contributed by atoms with Gasteiger partial charge in [0.2, 0.25) is 11.0 Å². The zero-order valence-corrected chi connectivity index (χ0v) is 16.6. The number of nitrogens with zero attached hydrogens (tertiary/aromatic N) is 4. The van der Waals surface area contributed by atoms with Crippen molar-refractivity contribution in [1.82, 2.24) is 20.0 Å². The molecule has 0 spiro atoms. The number of carbonyl (C=O) groups is 1. The first-order valence-electron chi connectivity index (χ1n) is 9.13. The van der Waals surface area contributed by atoms with Crippen LogP contribution in [0.25, 0.3) is 0 Å². The third kappa shape index (κ3) is 4.87. The Morgan fingerprint density at radius 2 is 2.12 bits per heavy atom. The number of aromatic nitrogens is 2. The molecule has 1 aromatic carbocycles. The van der Waals surface area contributed by atoms with Crippen LogP contribution in [0.5, 0.6) is 0 Å². The first-order valence-corrected chi connectivity index (χ1v) is 9.94. The predicted octanol–water partition coefficient (Wildman–Crippen LogP) is 2.42. The quantitative estimate of drug-likeness (QED) is 0.808. The lowest BCUT2D eigenvalue weighted by molar-refractivity contribution is -0.116. The molecule has 26 heavy (non-hydrogen) atoms. The maximum Gasteiger partial charge on any atom is 0.227 e. The van der Waals surface area contributed by atoms with Crippen LogP contribution < -0.4 is 5.32 Å². The van der Waals surface area contributed by atoms with Crippen molar-refractivity contribution in [2.45, 2.75) is 38.8 Å². The summed E-state index contributed by atoms with van der Waals surface area (Å²) in [6.45, 7) is 4.71. The Balaban J connectivity index is 1.45. The van der Waals surface area contributed by atoms with Crippen LogP contribution in [0, 0.1) is 0 Å². The third-order valence-corrected chi connectivity index (χ3v) is 5.86. The summed E-state index contributed by atoms with van der Waals surface area (Å²) in [5.74, 6) is -0.00185. The number of carbonyl (C=O) groups excluding carboxylic acids is 1. The number of anilines is 1. The second-order valence-corrected chi connectivity index (χ2v) is 8.02. The summed E-state index contributed by atoms with van der Waals surface area (Å²) in [5, 5.41) is 12.4. The lowest BCUT2D eigenvalue weighted by atomic mass is 9.94. The van der Waals surface area contributed by atoms with E-state index in [-0.39, 0.29) is 5.91 Å². The number of hydrogen-bond donors (Lipinski definition) is 1. The number of nitrogens with one attached hydrogen (secondary N) is 1. The number of rotatable bonds is 7. The van der Waals surface area contributed by atoms with Gasteiger partial charge in [0.25, 0.3) is 0 Å². The Hall–Kier alpha value is -1.83. The molecule has 1 aromatic heterocycles. The lowest BCUT2D eigenvalue weighted by Gasteiger charge is -2.36. The summed E-state index contributed by atoms with van der Waals surface area (Å²) >= 11 is 1.44. The summed E-state index contributed by atoms with van der Waals surface area (Å²) in [6.07, 6.45) is 2.37. The highest BCUT2D eigenvalue weighted by atomic mass is 32.1. The average molecular weight is 374 g/mol. The van der Waals surface area contributed by atoms with E-state index in [2.05, 4.69) is 63.7 Å². The monoisotopic (exact) mass is 373 g/mol. The van der Waals surface area contributed by atoms with Gasteiger partial charge in [-0.25, -0.2) is 0 Å². The summed E-state index contributed by atoms with van der Waals surface area (Å²) in [6, 6.07) is 9.16. The summed E-state index contributed by atoms with van der Waals surface area (Å²) in [5.41, 5.74) is 2.88. The Morgan fingerprint density at radius 1 is 1.35 bits per heavy atom. The minimum absolute atomic E-state index is 0.00185. The molecule has 0 aliphatic carbocycles. The minimum atomic E-state index is -0.00185. The van der Waals surface area contributed by atoms with Crippen LogP contribution in [0.3, 0.4) is 0 Å². The number of hydrogen-bond acceptors (Lipinski definition) is 6. The van der Waals surface area contributed by atoms with E-state index in [1.54, 1.807) is 0 Å². The normalized spacial score (nSPS) is 17.3. The van der Waals surface area contributed by atoms with E-state index >= 15 is 0 Å². The number of fused-ring (bicyclic) bond motifs is 1. The first-order chi connectivity index (χ1) is 12.5. The van der Waals surface area contributed by atoms with E-state index in [4.69, 9.17) is 0 Å². The molecule has 140 valence electrons. The average Bonchev–Trinajstić information content (AvgIpc) is 3.08. The van der Waals surface area contributed by atoms with E-state index in [1.165, 1.54) is 22.5 Å². The number of amides is 1. The van der Waals surface area contributed by atoms with Gasteiger partial charge in [-0.2, -0.15) is 0 Å². The van der Waals surface area contributed by atoms with Crippen LogP contribution in [-0.4, -0.2) is 59.1 Å². The molecule has 1 atom stereocenters. The fraction of sp³-hybridized carbons (Fsp3) is 0.526. The van der Waals surface area contributed by atoms with Crippen molar-refractivity contribution < 1.29 is 4.79 Å². The standard InChI is InChI=1S/C19H27N5OS/c1-4-18-21-22-19(26-18)20-17(25)9-10-23(2)13-16-11-14-7-5-6-8-15(14)12-24(16)3/h5-8,16H,4,9-13H2,1-3H3,(H,20,22,25)/t16-/m0/s1. The molecule has 6 nitrogen and oxygen atoms in total. The van der Waals surface area contributed by atoms with E-state index in [1.807, 2.05) is 6.92 Å². The molecular formula is C19H27N5OS. The van der Waals surface area contributed by atoms with Gasteiger partial charge in [-0.3, -0.25) is 9.69 Å². The largest absolute Gasteiger partial charge is 0.304 e. The van der Waals surface area contributed by atoms with Gasteiger partial charge >= 0.3 is 0 Å². The van der Waals surface area contributed by atoms with Gasteiger partial charge in [-0.1, -0.05) is 42.5 Å². The fourth-order valence-electron chi connectivity index (χ4n) is 3.29. The van der Waals surface area contributed by atoms with Gasteiger partial charge in [0.05, 0.1) is 0 Å². The van der Waals surface area contributed by atoms with Crippen molar-refractivity contribution in [2.24, 2.45) is 0 Å². The van der Waals surface area contributed by atoms with Gasteiger partial charge in [0.1, 0.15) is 5.01 Å². The lowest BCUT2D eigenvalue weighted by Crippen LogP contribution is -2.45. The molecule has 1 aliphatic heterocycles. The number of aryl methyl sites for hydroxylation is 1. The second kappa shape index (κ2) is 8.70. The molecule has 0 bridgehead atoms. The molecule has 2 heterocycles. The van der Waals surface area contributed by atoms with E-state index in [9.17, 15) is 4.79 Å². The highest BCUT2D eigenvalue weighted by molar-refractivity contribution is 7.15. The molecule has 0 saturated carbocycles. The summed E-state index contributed by atoms with van der Waals surface area (Å²) in [7, 11) is 4.27. The smallest absolute Gasteiger partial charge is 0.227 e. The molecule has 1 N–H and O–H groups in total. The predicted molar refractivity (Wildman–Crippen MR) is 105 cm³/mol. The zero-order chi connectivity index (χ0) is 18.5. The van der Waals surface area contributed by atoms with Crippen molar-refractivity contribution >= 4 is 22.4 Å². The van der Waals surface area contributed by atoms with E-state index in [0.717, 1.165) is 37.5 Å². The van der Waals surface area contributed by atoms with Crippen molar-refractivity contribution in [3.63, 3.8) is 0 Å².